The van der Waals surface area contributed by atoms with Crippen LogP contribution in [0.15, 0.2) is 4.99 Å². The first-order valence-electron chi connectivity index (χ1n) is 6.48. The van der Waals surface area contributed by atoms with Crippen LogP contribution < -0.4 is 5.32 Å². The number of thioether (sulfide) groups is 1. The molecule has 4 nitrogen and oxygen atoms in total. The summed E-state index contributed by atoms with van der Waals surface area (Å²) < 4.78 is 0. The highest BCUT2D eigenvalue weighted by Gasteiger charge is 2.19. The molecule has 0 aromatic carbocycles. The van der Waals surface area contributed by atoms with Gasteiger partial charge in [-0.15, -0.1) is 24.0 Å². The first kappa shape index (κ1) is 18.3. The van der Waals surface area contributed by atoms with Gasteiger partial charge in [0.25, 0.3) is 0 Å². The predicted octanol–water partition coefficient (Wildman–Crippen LogP) is 1.78. The third-order valence-electron chi connectivity index (χ3n) is 2.87. The molecule has 0 saturated carbocycles. The normalized spacial score (nSPS) is 17.5. The summed E-state index contributed by atoms with van der Waals surface area (Å²) in [5.41, 5.74) is 0. The molecule has 0 aromatic rings. The van der Waals surface area contributed by atoms with E-state index in [1.54, 1.807) is 0 Å². The van der Waals surface area contributed by atoms with Crippen LogP contribution in [-0.2, 0) is 0 Å². The molecule has 6 heteroatoms. The largest absolute Gasteiger partial charge is 0.393 e. The molecule has 2 N–H and O–H groups in total. The summed E-state index contributed by atoms with van der Waals surface area (Å²) >= 11 is 1.87. The quantitative estimate of drug-likeness (QED) is 0.327. The van der Waals surface area contributed by atoms with Crippen molar-refractivity contribution in [1.29, 1.82) is 0 Å². The Hall–Kier alpha value is 0.310. The van der Waals surface area contributed by atoms with Crippen LogP contribution in [0.3, 0.4) is 0 Å². The first-order valence-corrected chi connectivity index (χ1v) is 7.87. The lowest BCUT2D eigenvalue weighted by molar-refractivity contribution is 0.108. The number of nitrogens with one attached hydrogen (secondary N) is 1. The van der Waals surface area contributed by atoms with Crippen LogP contribution in [-0.4, -0.2) is 60.3 Å². The van der Waals surface area contributed by atoms with E-state index in [1.807, 2.05) is 11.8 Å². The Kier molecular flexibility index (Phi) is 11.4. The van der Waals surface area contributed by atoms with Gasteiger partial charge in [-0.05, 0) is 38.2 Å². The monoisotopic (exact) mass is 387 g/mol. The van der Waals surface area contributed by atoms with Crippen molar-refractivity contribution in [3.8, 4) is 0 Å². The Morgan fingerprint density at radius 3 is 2.67 bits per heavy atom. The zero-order chi connectivity index (χ0) is 12.5. The summed E-state index contributed by atoms with van der Waals surface area (Å²) in [6, 6.07) is 0. The molecule has 0 atom stereocenters. The van der Waals surface area contributed by atoms with Gasteiger partial charge < -0.3 is 15.3 Å². The summed E-state index contributed by atoms with van der Waals surface area (Å²) in [5.74, 6) is 2.18. The van der Waals surface area contributed by atoms with Gasteiger partial charge in [-0.3, -0.25) is 4.99 Å². The van der Waals surface area contributed by atoms with Gasteiger partial charge in [-0.2, -0.15) is 11.8 Å². The smallest absolute Gasteiger partial charge is 0.193 e. The van der Waals surface area contributed by atoms with E-state index in [-0.39, 0.29) is 30.1 Å². The summed E-state index contributed by atoms with van der Waals surface area (Å²) in [7, 11) is 0. The second kappa shape index (κ2) is 11.2. The number of hydrogen-bond donors (Lipinski definition) is 2. The van der Waals surface area contributed by atoms with E-state index in [9.17, 15) is 5.11 Å². The fourth-order valence-electron chi connectivity index (χ4n) is 1.90. The number of halogens is 1. The number of aliphatic hydroxyl groups excluding tert-OH is 1. The molecular formula is C12H26IN3OS. The van der Waals surface area contributed by atoms with Crippen molar-refractivity contribution in [3.05, 3.63) is 0 Å². The van der Waals surface area contributed by atoms with E-state index >= 15 is 0 Å². The molecule has 1 aliphatic rings. The van der Waals surface area contributed by atoms with Crippen molar-refractivity contribution in [2.75, 3.05) is 38.2 Å². The van der Waals surface area contributed by atoms with Crippen molar-refractivity contribution < 1.29 is 5.11 Å². The third-order valence-corrected chi connectivity index (χ3v) is 3.56. The molecule has 1 fully saturated rings. The zero-order valence-electron chi connectivity index (χ0n) is 11.4. The molecule has 0 aliphatic carbocycles. The molecular weight excluding hydrogens is 361 g/mol. The van der Waals surface area contributed by atoms with Crippen molar-refractivity contribution >= 4 is 41.7 Å². The summed E-state index contributed by atoms with van der Waals surface area (Å²) in [5, 5.41) is 12.8. The van der Waals surface area contributed by atoms with Gasteiger partial charge >= 0.3 is 0 Å². The van der Waals surface area contributed by atoms with Gasteiger partial charge in [0.15, 0.2) is 5.96 Å². The van der Waals surface area contributed by atoms with E-state index in [4.69, 9.17) is 0 Å². The van der Waals surface area contributed by atoms with Crippen LogP contribution in [0, 0.1) is 0 Å². The van der Waals surface area contributed by atoms with Crippen LogP contribution in [0.4, 0.5) is 0 Å². The number of aliphatic hydroxyl groups is 1. The van der Waals surface area contributed by atoms with Gasteiger partial charge in [-0.1, -0.05) is 0 Å². The minimum absolute atomic E-state index is 0. The molecule has 1 saturated heterocycles. The maximum Gasteiger partial charge on any atom is 0.193 e. The Morgan fingerprint density at radius 2 is 2.11 bits per heavy atom. The Bertz CT molecular complexity index is 233. The van der Waals surface area contributed by atoms with Gasteiger partial charge in [0.2, 0.25) is 0 Å². The predicted molar refractivity (Wildman–Crippen MR) is 91.2 cm³/mol. The maximum atomic E-state index is 9.49. The Balaban J connectivity index is 0.00000289. The van der Waals surface area contributed by atoms with Crippen molar-refractivity contribution in [1.82, 2.24) is 10.2 Å². The second-order valence-corrected chi connectivity index (χ2v) is 5.29. The minimum Gasteiger partial charge on any atom is -0.393 e. The van der Waals surface area contributed by atoms with Crippen LogP contribution >= 0.6 is 35.7 Å². The van der Waals surface area contributed by atoms with Crippen LogP contribution in [0.5, 0.6) is 0 Å². The zero-order valence-corrected chi connectivity index (χ0v) is 14.5. The number of aliphatic imine (C=N–C) groups is 1. The topological polar surface area (TPSA) is 47.9 Å². The first-order chi connectivity index (χ1) is 8.27. The summed E-state index contributed by atoms with van der Waals surface area (Å²) in [6.45, 7) is 5.71. The molecule has 18 heavy (non-hydrogen) atoms. The average molecular weight is 387 g/mol. The van der Waals surface area contributed by atoms with E-state index in [2.05, 4.69) is 28.4 Å². The van der Waals surface area contributed by atoms with Gasteiger partial charge in [-0.25, -0.2) is 0 Å². The molecule has 0 unspecified atom stereocenters. The molecule has 0 amide bonds. The maximum absolute atomic E-state index is 9.49. The number of likely N-dealkylation sites (tertiary alicyclic amines) is 1. The lowest BCUT2D eigenvalue weighted by Gasteiger charge is -2.32. The SMILES string of the molecule is CCNC(=NCCCSC)N1CCC(O)CC1.I. The molecule has 1 heterocycles. The fraction of sp³-hybridized carbons (Fsp3) is 0.917. The summed E-state index contributed by atoms with van der Waals surface area (Å²) in [6.07, 6.45) is 4.85. The van der Waals surface area contributed by atoms with Crippen molar-refractivity contribution in [2.45, 2.75) is 32.3 Å². The fourth-order valence-corrected chi connectivity index (χ4v) is 2.32. The molecule has 1 aliphatic heterocycles. The third kappa shape index (κ3) is 7.04. The minimum atomic E-state index is -0.120. The second-order valence-electron chi connectivity index (χ2n) is 4.30. The highest BCUT2D eigenvalue weighted by atomic mass is 127. The molecule has 108 valence electrons. The molecule has 1 rings (SSSR count). The van der Waals surface area contributed by atoms with Crippen LogP contribution in [0.25, 0.3) is 0 Å². The molecule has 0 radical (unpaired) electrons. The van der Waals surface area contributed by atoms with Gasteiger partial charge in [0.05, 0.1) is 6.10 Å². The van der Waals surface area contributed by atoms with E-state index in [0.717, 1.165) is 51.4 Å². The molecule has 0 aromatic heterocycles. The lowest BCUT2D eigenvalue weighted by atomic mass is 10.1. The number of guanidine groups is 1. The highest BCUT2D eigenvalue weighted by Crippen LogP contribution is 2.10. The van der Waals surface area contributed by atoms with Crippen LogP contribution in [0.2, 0.25) is 0 Å². The van der Waals surface area contributed by atoms with Gasteiger partial charge in [0, 0.05) is 26.2 Å². The van der Waals surface area contributed by atoms with Crippen LogP contribution in [0.1, 0.15) is 26.2 Å². The van der Waals surface area contributed by atoms with Crippen molar-refractivity contribution in [3.63, 3.8) is 0 Å². The highest BCUT2D eigenvalue weighted by molar-refractivity contribution is 14.0. The standard InChI is InChI=1S/C12H25N3OS.HI/c1-3-13-12(14-7-4-10-17-2)15-8-5-11(16)6-9-15;/h11,16H,3-10H2,1-2H3,(H,13,14);1H. The number of piperidine rings is 1. The van der Waals surface area contributed by atoms with E-state index < -0.39 is 0 Å². The Labute approximate surface area is 132 Å². The van der Waals surface area contributed by atoms with Crippen molar-refractivity contribution in [2.24, 2.45) is 4.99 Å². The molecule has 0 spiro atoms. The molecule has 0 bridgehead atoms. The Morgan fingerprint density at radius 1 is 1.44 bits per heavy atom. The lowest BCUT2D eigenvalue weighted by Crippen LogP contribution is -2.46. The number of nitrogens with zero attached hydrogens (tertiary/aromatic N) is 2. The number of rotatable bonds is 5. The average Bonchev–Trinajstić information content (AvgIpc) is 2.34. The number of hydrogen-bond acceptors (Lipinski definition) is 3. The van der Waals surface area contributed by atoms with E-state index in [1.165, 1.54) is 5.75 Å². The van der Waals surface area contributed by atoms with Gasteiger partial charge in [0.1, 0.15) is 0 Å². The summed E-state index contributed by atoms with van der Waals surface area (Å²) in [4.78, 5) is 6.90. The van der Waals surface area contributed by atoms with E-state index in [0.29, 0.717) is 0 Å².